The van der Waals surface area contributed by atoms with E-state index >= 15 is 0 Å². The molecule has 0 aromatic heterocycles. The van der Waals surface area contributed by atoms with Gasteiger partial charge in [0.1, 0.15) is 0 Å². The van der Waals surface area contributed by atoms with Crippen molar-refractivity contribution in [3.63, 3.8) is 0 Å². The van der Waals surface area contributed by atoms with Crippen LogP contribution in [0, 0.1) is 0 Å². The van der Waals surface area contributed by atoms with Crippen molar-refractivity contribution in [1.29, 1.82) is 0 Å². The van der Waals surface area contributed by atoms with Crippen LogP contribution in [0.25, 0.3) is 0 Å². The van der Waals surface area contributed by atoms with Gasteiger partial charge in [0.2, 0.25) is 0 Å². The molecule has 0 aliphatic heterocycles. The molecular formula is H4CaMoO4Zn. The van der Waals surface area contributed by atoms with Crippen molar-refractivity contribution >= 4 is 37.7 Å². The summed E-state index contributed by atoms with van der Waals surface area (Å²) in [5.41, 5.74) is 0. The first kappa shape index (κ1) is 16.0. The molecule has 7 heteroatoms. The molecule has 0 aliphatic rings. The predicted octanol–water partition coefficient (Wildman–Crippen LogP) is -2.27. The summed E-state index contributed by atoms with van der Waals surface area (Å²) in [6.07, 6.45) is 0. The molecule has 0 aliphatic carbocycles. The van der Waals surface area contributed by atoms with E-state index < -0.39 is 16.7 Å². The molecule has 0 radical (unpaired) electrons. The van der Waals surface area contributed by atoms with Crippen LogP contribution in [-0.2, 0) is 43.0 Å². The van der Waals surface area contributed by atoms with Crippen LogP contribution in [0.4, 0.5) is 0 Å². The van der Waals surface area contributed by atoms with Crippen LogP contribution in [0.3, 0.4) is 0 Å². The third-order valence-electron chi connectivity index (χ3n) is 0. The molecule has 0 bridgehead atoms. The van der Waals surface area contributed by atoms with E-state index in [1.54, 1.807) is 0 Å². The zero-order chi connectivity index (χ0) is 4.50. The van der Waals surface area contributed by atoms with E-state index in [4.69, 9.17) is 14.3 Å². The van der Waals surface area contributed by atoms with E-state index in [1.807, 2.05) is 0 Å². The summed E-state index contributed by atoms with van der Waals surface area (Å²) in [7, 11) is 0. The topological polar surface area (TPSA) is 74.6 Å². The maximum atomic E-state index is 8.85. The number of rotatable bonds is 0. The van der Waals surface area contributed by atoms with Gasteiger partial charge in [-0.15, -0.1) is 0 Å². The van der Waals surface area contributed by atoms with Crippen molar-refractivity contribution in [1.82, 2.24) is 0 Å². The molecule has 0 fully saturated rings. The SMILES string of the molecule is [CaH2].[O]=[Mo](=[O])([OH])[OH].[Zn]. The maximum absolute atomic E-state index is 8.85. The molecule has 0 unspecified atom stereocenters. The molecule has 38 valence electrons. The molecule has 0 aromatic carbocycles. The Labute approximate surface area is 86.8 Å². The Morgan fingerprint density at radius 3 is 1.14 bits per heavy atom. The molecular weight excluding hydrogens is 265 g/mol. The van der Waals surface area contributed by atoms with Gasteiger partial charge in [0.05, 0.1) is 0 Å². The number of hydrogen-bond donors (Lipinski definition) is 2. The average Bonchev–Trinajstić information content (AvgIpc) is 0.722. The molecule has 0 rings (SSSR count). The quantitative estimate of drug-likeness (QED) is 0.486. The van der Waals surface area contributed by atoms with E-state index in [0.717, 1.165) is 0 Å². The van der Waals surface area contributed by atoms with Crippen molar-refractivity contribution in [3.05, 3.63) is 0 Å². The van der Waals surface area contributed by atoms with Crippen molar-refractivity contribution in [2.45, 2.75) is 0 Å². The first-order chi connectivity index (χ1) is 2.00. The van der Waals surface area contributed by atoms with E-state index in [2.05, 4.69) is 0 Å². The summed E-state index contributed by atoms with van der Waals surface area (Å²) in [4.78, 5) is 0. The predicted molar refractivity (Wildman–Crippen MR) is 14.4 cm³/mol. The van der Waals surface area contributed by atoms with Gasteiger partial charge >= 0.3 is 68.8 Å². The van der Waals surface area contributed by atoms with Gasteiger partial charge in [-0.25, -0.2) is 0 Å². The second kappa shape index (κ2) is 6.22. The molecule has 7 heavy (non-hydrogen) atoms. The van der Waals surface area contributed by atoms with Crippen LogP contribution in [0.15, 0.2) is 0 Å². The Morgan fingerprint density at radius 1 is 1.14 bits per heavy atom. The Balaban J connectivity index is -0.0000000800. The van der Waals surface area contributed by atoms with Gasteiger partial charge in [-0.3, -0.25) is 0 Å². The Bertz CT molecular complexity index is 94.9. The molecule has 0 heterocycles. The molecule has 0 saturated carbocycles. The van der Waals surface area contributed by atoms with Gasteiger partial charge in [-0.1, -0.05) is 0 Å². The van der Waals surface area contributed by atoms with Crippen LogP contribution in [-0.4, -0.2) is 45.3 Å². The molecule has 0 amide bonds. The minimum atomic E-state index is -5.52. The van der Waals surface area contributed by atoms with Crippen molar-refractivity contribution in [2.75, 3.05) is 0 Å². The number of hydrogen-bond acceptors (Lipinski definition) is 2. The largest absolute Gasteiger partial charge is 0 e. The monoisotopic (exact) mass is 270 g/mol. The van der Waals surface area contributed by atoms with E-state index in [9.17, 15) is 0 Å². The van der Waals surface area contributed by atoms with Crippen molar-refractivity contribution < 1.29 is 50.5 Å². The summed E-state index contributed by atoms with van der Waals surface area (Å²) in [5, 5.41) is 0. The second-order valence-electron chi connectivity index (χ2n) is 0.448. The van der Waals surface area contributed by atoms with Gasteiger partial charge in [-0.05, 0) is 0 Å². The van der Waals surface area contributed by atoms with Crippen LogP contribution < -0.4 is 0 Å². The molecule has 0 spiro atoms. The molecule has 0 saturated heterocycles. The maximum Gasteiger partial charge on any atom is 0 e. The Kier molecular flexibility index (Phi) is 14.2. The van der Waals surface area contributed by atoms with E-state index in [1.165, 1.54) is 0 Å². The summed E-state index contributed by atoms with van der Waals surface area (Å²) in [6.45, 7) is 0. The molecule has 0 atom stereocenters. The average molecular weight is 269 g/mol. The minimum Gasteiger partial charge on any atom is 0 e. The second-order valence-corrected chi connectivity index (χ2v) is 2.65. The first-order valence-corrected chi connectivity index (χ1v) is 4.13. The van der Waals surface area contributed by atoms with Crippen molar-refractivity contribution in [2.24, 2.45) is 0 Å². The van der Waals surface area contributed by atoms with Crippen LogP contribution in [0.5, 0.6) is 0 Å². The van der Waals surface area contributed by atoms with Gasteiger partial charge in [-0.2, -0.15) is 0 Å². The minimum absolute atomic E-state index is 0. The van der Waals surface area contributed by atoms with E-state index in [0.29, 0.717) is 0 Å². The zero-order valence-electron chi connectivity index (χ0n) is 2.83. The smallest absolute Gasteiger partial charge is 0 e. The summed E-state index contributed by atoms with van der Waals surface area (Å²) >= 11 is -5.52. The molecule has 4 nitrogen and oxygen atoms in total. The van der Waals surface area contributed by atoms with Crippen LogP contribution in [0.1, 0.15) is 0 Å². The standard InChI is InChI=1S/Ca.Mo.2H2O.2O.Zn.2H/h;;2*1H2;;;;;/q;+2;;;;;;;/p-2. The first-order valence-electron chi connectivity index (χ1n) is 0.698. The van der Waals surface area contributed by atoms with Gasteiger partial charge < -0.3 is 0 Å². The summed E-state index contributed by atoms with van der Waals surface area (Å²) in [6, 6.07) is 0. The fourth-order valence-electron chi connectivity index (χ4n) is 0. The van der Waals surface area contributed by atoms with E-state index in [-0.39, 0.29) is 57.2 Å². The Hall–Kier alpha value is 2.09. The van der Waals surface area contributed by atoms with Gasteiger partial charge in [0.15, 0.2) is 0 Å². The normalized spacial score (nSPS) is 8.29. The third-order valence-corrected chi connectivity index (χ3v) is 0. The third kappa shape index (κ3) is 68.6. The zero-order valence-corrected chi connectivity index (χ0v) is 7.80. The van der Waals surface area contributed by atoms with Gasteiger partial charge in [0, 0.05) is 19.5 Å². The fraction of sp³-hybridized carbons (Fsp3) is 0. The molecule has 0 aromatic rings. The summed E-state index contributed by atoms with van der Waals surface area (Å²) in [5.74, 6) is 0. The fourth-order valence-corrected chi connectivity index (χ4v) is 0. The summed E-state index contributed by atoms with van der Waals surface area (Å²) < 4.78 is 32.0. The van der Waals surface area contributed by atoms with Crippen LogP contribution >= 0.6 is 0 Å². The Morgan fingerprint density at radius 2 is 1.14 bits per heavy atom. The van der Waals surface area contributed by atoms with Crippen molar-refractivity contribution in [3.8, 4) is 0 Å². The van der Waals surface area contributed by atoms with Crippen LogP contribution in [0.2, 0.25) is 0 Å². The van der Waals surface area contributed by atoms with Gasteiger partial charge in [0.25, 0.3) is 0 Å². The molecule has 2 N–H and O–H groups in total.